The van der Waals surface area contributed by atoms with Gasteiger partial charge in [0.15, 0.2) is 0 Å². The first-order valence-corrected chi connectivity index (χ1v) is 8.27. The maximum absolute atomic E-state index is 13.3. The lowest BCUT2D eigenvalue weighted by Crippen LogP contribution is -2.27. The molecule has 1 aromatic carbocycles. The molecule has 2 N–H and O–H groups in total. The topological polar surface area (TPSA) is 49.3 Å². The van der Waals surface area contributed by atoms with Gasteiger partial charge in [-0.05, 0) is 42.0 Å². The summed E-state index contributed by atoms with van der Waals surface area (Å²) < 4.78 is 13.3. The van der Waals surface area contributed by atoms with Crippen molar-refractivity contribution in [1.82, 2.24) is 5.32 Å². The number of benzene rings is 1. The number of halogens is 2. The van der Waals surface area contributed by atoms with Gasteiger partial charge in [-0.25, -0.2) is 4.39 Å². The van der Waals surface area contributed by atoms with E-state index in [1.54, 1.807) is 12.1 Å². The Labute approximate surface area is 132 Å². The molecule has 0 saturated carbocycles. The van der Waals surface area contributed by atoms with Gasteiger partial charge in [-0.3, -0.25) is 4.79 Å². The van der Waals surface area contributed by atoms with Crippen LogP contribution in [0.15, 0.2) is 29.8 Å². The fourth-order valence-electron chi connectivity index (χ4n) is 2.05. The summed E-state index contributed by atoms with van der Waals surface area (Å²) in [6, 6.07) is 4.11. The van der Waals surface area contributed by atoms with Crippen molar-refractivity contribution in [2.75, 3.05) is 18.1 Å². The second-order valence-corrected chi connectivity index (χ2v) is 6.48. The fraction of sp³-hybridized carbons (Fsp3) is 0.400. The van der Waals surface area contributed by atoms with Crippen molar-refractivity contribution in [2.45, 2.75) is 18.9 Å². The molecule has 2 rings (SSSR count). The quantitative estimate of drug-likeness (QED) is 0.835. The monoisotopic (exact) mass is 329 g/mol. The van der Waals surface area contributed by atoms with E-state index < -0.39 is 11.9 Å². The van der Waals surface area contributed by atoms with Gasteiger partial charge in [0.2, 0.25) is 5.91 Å². The smallest absolute Gasteiger partial charge is 0.244 e. The third kappa shape index (κ3) is 5.02. The summed E-state index contributed by atoms with van der Waals surface area (Å²) in [4.78, 5) is 11.8. The Balaban J connectivity index is 1.86. The summed E-state index contributed by atoms with van der Waals surface area (Å²) in [5.74, 6) is 1.30. The molecular formula is C15H17ClFNO2S. The maximum atomic E-state index is 13.3. The first-order valence-electron chi connectivity index (χ1n) is 6.74. The van der Waals surface area contributed by atoms with Gasteiger partial charge in [0.1, 0.15) is 5.82 Å². The number of amides is 1. The average molecular weight is 330 g/mol. The normalized spacial score (nSPS) is 16.4. The molecule has 1 aliphatic rings. The molecule has 6 heteroatoms. The number of thioether (sulfide) groups is 1. The SMILES string of the molecule is O=C(C=C1CCSCC1)NCC(O)c1ccc(Cl)c(F)c1. The van der Waals surface area contributed by atoms with E-state index >= 15 is 0 Å². The van der Waals surface area contributed by atoms with E-state index in [4.69, 9.17) is 11.6 Å². The molecule has 1 aliphatic heterocycles. The van der Waals surface area contributed by atoms with Gasteiger partial charge in [-0.1, -0.05) is 23.2 Å². The fourth-order valence-corrected chi connectivity index (χ4v) is 3.18. The van der Waals surface area contributed by atoms with Crippen molar-refractivity contribution in [2.24, 2.45) is 0 Å². The largest absolute Gasteiger partial charge is 0.387 e. The number of carbonyl (C=O) groups excluding carboxylic acids is 1. The third-order valence-corrected chi connectivity index (χ3v) is 4.56. The van der Waals surface area contributed by atoms with E-state index in [1.807, 2.05) is 11.8 Å². The highest BCUT2D eigenvalue weighted by atomic mass is 35.5. The Morgan fingerprint density at radius 3 is 2.86 bits per heavy atom. The van der Waals surface area contributed by atoms with Gasteiger partial charge in [-0.2, -0.15) is 11.8 Å². The van der Waals surface area contributed by atoms with Gasteiger partial charge in [-0.15, -0.1) is 0 Å². The van der Waals surface area contributed by atoms with Crippen LogP contribution in [-0.2, 0) is 4.79 Å². The molecule has 0 radical (unpaired) electrons. The molecule has 1 fully saturated rings. The number of carbonyl (C=O) groups is 1. The molecule has 1 aromatic rings. The van der Waals surface area contributed by atoms with Crippen molar-refractivity contribution >= 4 is 29.3 Å². The van der Waals surface area contributed by atoms with E-state index in [2.05, 4.69) is 5.32 Å². The highest BCUT2D eigenvalue weighted by molar-refractivity contribution is 7.99. The summed E-state index contributed by atoms with van der Waals surface area (Å²) in [5, 5.41) is 12.6. The Bertz CT molecular complexity index is 542. The summed E-state index contributed by atoms with van der Waals surface area (Å²) >= 11 is 7.47. The maximum Gasteiger partial charge on any atom is 0.244 e. The number of rotatable bonds is 4. The van der Waals surface area contributed by atoms with Gasteiger partial charge in [0.05, 0.1) is 11.1 Å². The average Bonchev–Trinajstić information content (AvgIpc) is 2.48. The molecule has 1 atom stereocenters. The molecule has 3 nitrogen and oxygen atoms in total. The Kier molecular flexibility index (Phi) is 6.08. The Morgan fingerprint density at radius 2 is 2.19 bits per heavy atom. The van der Waals surface area contributed by atoms with Crippen molar-refractivity contribution in [3.05, 3.63) is 46.3 Å². The van der Waals surface area contributed by atoms with E-state index in [0.717, 1.165) is 29.9 Å². The van der Waals surface area contributed by atoms with Crippen LogP contribution >= 0.6 is 23.4 Å². The number of hydrogen-bond donors (Lipinski definition) is 2. The number of hydrogen-bond acceptors (Lipinski definition) is 3. The lowest BCUT2D eigenvalue weighted by molar-refractivity contribution is -0.117. The van der Waals surface area contributed by atoms with Crippen LogP contribution in [0.1, 0.15) is 24.5 Å². The number of aliphatic hydroxyl groups is 1. The first-order chi connectivity index (χ1) is 10.1. The van der Waals surface area contributed by atoms with Gasteiger partial charge < -0.3 is 10.4 Å². The predicted octanol–water partition coefficient (Wildman–Crippen LogP) is 3.08. The van der Waals surface area contributed by atoms with Gasteiger partial charge in [0.25, 0.3) is 0 Å². The zero-order chi connectivity index (χ0) is 15.2. The number of allylic oxidation sites excluding steroid dienone is 1. The van der Waals surface area contributed by atoms with Gasteiger partial charge in [0, 0.05) is 12.6 Å². The van der Waals surface area contributed by atoms with E-state index in [1.165, 1.54) is 12.1 Å². The predicted molar refractivity (Wildman–Crippen MR) is 84.0 cm³/mol. The standard InChI is InChI=1S/C15H17ClFNO2S/c16-12-2-1-11(8-13(12)17)14(19)9-18-15(20)7-10-3-5-21-6-4-10/h1-2,7-8,14,19H,3-6,9H2,(H,18,20). The second-order valence-electron chi connectivity index (χ2n) is 4.85. The van der Waals surface area contributed by atoms with Crippen LogP contribution in [0.25, 0.3) is 0 Å². The lowest BCUT2D eigenvalue weighted by atomic mass is 10.1. The molecule has 0 bridgehead atoms. The van der Waals surface area contributed by atoms with Crippen LogP contribution in [-0.4, -0.2) is 29.1 Å². The van der Waals surface area contributed by atoms with Crippen LogP contribution in [0.3, 0.4) is 0 Å². The highest BCUT2D eigenvalue weighted by Crippen LogP contribution is 2.22. The van der Waals surface area contributed by atoms with Crippen LogP contribution < -0.4 is 5.32 Å². The highest BCUT2D eigenvalue weighted by Gasteiger charge is 2.12. The molecule has 0 aromatic heterocycles. The lowest BCUT2D eigenvalue weighted by Gasteiger charge is -2.14. The minimum Gasteiger partial charge on any atom is -0.387 e. The van der Waals surface area contributed by atoms with Crippen LogP contribution in [0, 0.1) is 5.82 Å². The summed E-state index contributed by atoms with van der Waals surface area (Å²) in [7, 11) is 0. The minimum atomic E-state index is -0.957. The number of nitrogens with one attached hydrogen (secondary N) is 1. The van der Waals surface area contributed by atoms with Crippen LogP contribution in [0.5, 0.6) is 0 Å². The molecule has 0 spiro atoms. The van der Waals surface area contributed by atoms with Crippen molar-refractivity contribution in [1.29, 1.82) is 0 Å². The Morgan fingerprint density at radius 1 is 1.48 bits per heavy atom. The third-order valence-electron chi connectivity index (χ3n) is 3.27. The molecular weight excluding hydrogens is 313 g/mol. The molecule has 1 amide bonds. The number of aliphatic hydroxyl groups excluding tert-OH is 1. The van der Waals surface area contributed by atoms with E-state index in [0.29, 0.717) is 5.56 Å². The van der Waals surface area contributed by atoms with Crippen molar-refractivity contribution in [3.8, 4) is 0 Å². The zero-order valence-corrected chi connectivity index (χ0v) is 13.0. The summed E-state index contributed by atoms with van der Waals surface area (Å²) in [5.41, 5.74) is 1.53. The van der Waals surface area contributed by atoms with E-state index in [-0.39, 0.29) is 17.5 Å². The summed E-state index contributed by atoms with van der Waals surface area (Å²) in [6.07, 6.45) is 2.52. The van der Waals surface area contributed by atoms with Crippen molar-refractivity contribution < 1.29 is 14.3 Å². The minimum absolute atomic E-state index is 0.00915. The molecule has 0 aliphatic carbocycles. The van der Waals surface area contributed by atoms with Crippen LogP contribution in [0.4, 0.5) is 4.39 Å². The zero-order valence-electron chi connectivity index (χ0n) is 11.4. The van der Waals surface area contributed by atoms with Gasteiger partial charge >= 0.3 is 0 Å². The molecule has 1 heterocycles. The second kappa shape index (κ2) is 7.82. The van der Waals surface area contributed by atoms with Crippen molar-refractivity contribution in [3.63, 3.8) is 0 Å². The molecule has 114 valence electrons. The molecule has 1 saturated heterocycles. The molecule has 21 heavy (non-hydrogen) atoms. The summed E-state index contributed by atoms with van der Waals surface area (Å²) in [6.45, 7) is 0.0401. The Hall–Kier alpha value is -1.04. The molecule has 1 unspecified atom stereocenters. The first kappa shape index (κ1) is 16.3. The van der Waals surface area contributed by atoms with E-state index in [9.17, 15) is 14.3 Å². The van der Waals surface area contributed by atoms with Crippen LogP contribution in [0.2, 0.25) is 5.02 Å².